The summed E-state index contributed by atoms with van der Waals surface area (Å²) >= 11 is 1.67. The number of nitrogens with zero attached hydrogens (tertiary/aromatic N) is 3. The first-order chi connectivity index (χ1) is 11.0. The van der Waals surface area contributed by atoms with Crippen LogP contribution in [0.25, 0.3) is 11.6 Å². The summed E-state index contributed by atoms with van der Waals surface area (Å²) in [6, 6.07) is 4.27. The van der Waals surface area contributed by atoms with Gasteiger partial charge in [-0.25, -0.2) is 0 Å². The van der Waals surface area contributed by atoms with Gasteiger partial charge in [0.05, 0.1) is 11.9 Å². The van der Waals surface area contributed by atoms with Gasteiger partial charge in [0, 0.05) is 11.8 Å². The maximum atomic E-state index is 9.90. The van der Waals surface area contributed by atoms with E-state index in [1.54, 1.807) is 18.0 Å². The van der Waals surface area contributed by atoms with E-state index in [0.29, 0.717) is 6.04 Å². The van der Waals surface area contributed by atoms with Gasteiger partial charge in [-0.15, -0.1) is 10.2 Å². The second-order valence-electron chi connectivity index (χ2n) is 6.86. The fourth-order valence-corrected chi connectivity index (χ4v) is 4.27. The number of rotatable bonds is 6. The molecule has 0 aliphatic heterocycles. The van der Waals surface area contributed by atoms with E-state index in [-0.39, 0.29) is 0 Å². The van der Waals surface area contributed by atoms with Gasteiger partial charge < -0.3 is 9.52 Å². The summed E-state index contributed by atoms with van der Waals surface area (Å²) in [5.74, 6) is 2.43. The molecule has 6 heteroatoms. The van der Waals surface area contributed by atoms with Crippen LogP contribution in [0.1, 0.15) is 58.4 Å². The van der Waals surface area contributed by atoms with Gasteiger partial charge >= 0.3 is 0 Å². The Kier molecular flexibility index (Phi) is 5.11. The Morgan fingerprint density at radius 1 is 1.30 bits per heavy atom. The SMILES string of the molecule is CC(C)(O)CCSc1nnc(-c2ccco2)n1C1CCCCC1. The minimum absolute atomic E-state index is 0.448. The molecule has 2 aromatic rings. The van der Waals surface area contributed by atoms with E-state index in [0.717, 1.165) is 28.9 Å². The van der Waals surface area contributed by atoms with E-state index in [9.17, 15) is 5.11 Å². The monoisotopic (exact) mass is 335 g/mol. The van der Waals surface area contributed by atoms with Crippen LogP contribution in [0.3, 0.4) is 0 Å². The van der Waals surface area contributed by atoms with Crippen LogP contribution < -0.4 is 0 Å². The second-order valence-corrected chi connectivity index (χ2v) is 7.92. The molecule has 0 radical (unpaired) electrons. The Morgan fingerprint density at radius 2 is 2.09 bits per heavy atom. The summed E-state index contributed by atoms with van der Waals surface area (Å²) in [6.07, 6.45) is 8.58. The van der Waals surface area contributed by atoms with Crippen molar-refractivity contribution in [1.29, 1.82) is 0 Å². The quantitative estimate of drug-likeness (QED) is 0.798. The molecule has 0 atom stereocenters. The van der Waals surface area contributed by atoms with Crippen LogP contribution in [0.15, 0.2) is 28.0 Å². The zero-order valence-electron chi connectivity index (χ0n) is 13.9. The highest BCUT2D eigenvalue weighted by molar-refractivity contribution is 7.99. The van der Waals surface area contributed by atoms with Crippen molar-refractivity contribution in [3.8, 4) is 11.6 Å². The molecule has 1 N–H and O–H groups in total. The summed E-state index contributed by atoms with van der Waals surface area (Å²) in [4.78, 5) is 0. The molecular formula is C17H25N3O2S. The molecule has 1 fully saturated rings. The molecule has 23 heavy (non-hydrogen) atoms. The largest absolute Gasteiger partial charge is 0.461 e. The maximum absolute atomic E-state index is 9.90. The third-order valence-electron chi connectivity index (χ3n) is 4.29. The van der Waals surface area contributed by atoms with Crippen LogP contribution in [0, 0.1) is 0 Å². The lowest BCUT2D eigenvalue weighted by Gasteiger charge is -2.25. The average molecular weight is 335 g/mol. The normalized spacial score (nSPS) is 16.8. The Morgan fingerprint density at radius 3 is 2.74 bits per heavy atom. The van der Waals surface area contributed by atoms with E-state index in [4.69, 9.17) is 4.42 Å². The first-order valence-electron chi connectivity index (χ1n) is 8.38. The maximum Gasteiger partial charge on any atom is 0.200 e. The zero-order chi connectivity index (χ0) is 16.3. The highest BCUT2D eigenvalue weighted by Crippen LogP contribution is 2.36. The Hall–Kier alpha value is -1.27. The van der Waals surface area contributed by atoms with Crippen LogP contribution in [0.5, 0.6) is 0 Å². The molecule has 1 saturated carbocycles. The van der Waals surface area contributed by atoms with Crippen molar-refractivity contribution >= 4 is 11.8 Å². The van der Waals surface area contributed by atoms with E-state index in [1.165, 1.54) is 32.1 Å². The summed E-state index contributed by atoms with van der Waals surface area (Å²) < 4.78 is 7.81. The highest BCUT2D eigenvalue weighted by atomic mass is 32.2. The molecule has 0 bridgehead atoms. The van der Waals surface area contributed by atoms with Crippen molar-refractivity contribution in [3.63, 3.8) is 0 Å². The Labute approximate surface area is 141 Å². The summed E-state index contributed by atoms with van der Waals surface area (Å²) in [7, 11) is 0. The van der Waals surface area contributed by atoms with Gasteiger partial charge in [-0.1, -0.05) is 31.0 Å². The van der Waals surface area contributed by atoms with Gasteiger partial charge in [0.2, 0.25) is 5.82 Å². The van der Waals surface area contributed by atoms with Crippen molar-refractivity contribution in [2.75, 3.05) is 5.75 Å². The van der Waals surface area contributed by atoms with Crippen LogP contribution in [-0.2, 0) is 0 Å². The smallest absolute Gasteiger partial charge is 0.200 e. The summed E-state index contributed by atoms with van der Waals surface area (Å²) in [5.41, 5.74) is -0.646. The van der Waals surface area contributed by atoms with Crippen molar-refractivity contribution in [2.24, 2.45) is 0 Å². The Balaban J connectivity index is 1.83. The van der Waals surface area contributed by atoms with Gasteiger partial charge in [0.15, 0.2) is 10.9 Å². The van der Waals surface area contributed by atoms with Crippen molar-refractivity contribution in [2.45, 2.75) is 69.2 Å². The number of hydrogen-bond donors (Lipinski definition) is 1. The Bertz CT molecular complexity index is 610. The van der Waals surface area contributed by atoms with E-state index >= 15 is 0 Å². The first-order valence-corrected chi connectivity index (χ1v) is 9.37. The molecule has 126 valence electrons. The molecule has 5 nitrogen and oxygen atoms in total. The lowest BCUT2D eigenvalue weighted by molar-refractivity contribution is 0.0777. The molecule has 3 rings (SSSR count). The lowest BCUT2D eigenvalue weighted by Crippen LogP contribution is -2.19. The third kappa shape index (κ3) is 4.18. The topological polar surface area (TPSA) is 64.1 Å². The molecule has 2 heterocycles. The molecule has 0 unspecified atom stereocenters. The average Bonchev–Trinajstić information content (AvgIpc) is 3.15. The number of hydrogen-bond acceptors (Lipinski definition) is 5. The van der Waals surface area contributed by atoms with Crippen LogP contribution >= 0.6 is 11.8 Å². The molecule has 0 aromatic carbocycles. The van der Waals surface area contributed by atoms with Gasteiger partial charge in [-0.3, -0.25) is 4.57 Å². The summed E-state index contributed by atoms with van der Waals surface area (Å²) in [5, 5.41) is 19.6. The van der Waals surface area contributed by atoms with Crippen LogP contribution in [0.2, 0.25) is 0 Å². The number of thioether (sulfide) groups is 1. The predicted octanol–water partition coefficient (Wildman–Crippen LogP) is 4.30. The molecule has 0 spiro atoms. The zero-order valence-corrected chi connectivity index (χ0v) is 14.7. The van der Waals surface area contributed by atoms with Crippen molar-refractivity contribution < 1.29 is 9.52 Å². The number of aromatic nitrogens is 3. The third-order valence-corrected chi connectivity index (χ3v) is 5.24. The van der Waals surface area contributed by atoms with Gasteiger partial charge in [-0.2, -0.15) is 0 Å². The highest BCUT2D eigenvalue weighted by Gasteiger charge is 2.25. The predicted molar refractivity (Wildman–Crippen MR) is 91.5 cm³/mol. The minimum atomic E-state index is -0.646. The van der Waals surface area contributed by atoms with Crippen LogP contribution in [-0.4, -0.2) is 31.2 Å². The minimum Gasteiger partial charge on any atom is -0.461 e. The van der Waals surface area contributed by atoms with Gasteiger partial charge in [-0.05, 0) is 45.2 Å². The number of aliphatic hydroxyl groups is 1. The van der Waals surface area contributed by atoms with E-state index in [2.05, 4.69) is 14.8 Å². The molecule has 0 saturated heterocycles. The second kappa shape index (κ2) is 7.09. The molecule has 2 aromatic heterocycles. The van der Waals surface area contributed by atoms with Crippen LogP contribution in [0.4, 0.5) is 0 Å². The standard InChI is InChI=1S/C17H25N3O2S/c1-17(2,21)10-12-23-16-19-18-15(14-9-6-11-22-14)20(16)13-7-4-3-5-8-13/h6,9,11,13,21H,3-5,7-8,10,12H2,1-2H3. The summed E-state index contributed by atoms with van der Waals surface area (Å²) in [6.45, 7) is 3.68. The molecule has 1 aliphatic carbocycles. The lowest BCUT2D eigenvalue weighted by atomic mass is 9.95. The molecule has 0 amide bonds. The van der Waals surface area contributed by atoms with Gasteiger partial charge in [0.25, 0.3) is 0 Å². The van der Waals surface area contributed by atoms with E-state index in [1.807, 2.05) is 26.0 Å². The first kappa shape index (κ1) is 16.6. The van der Waals surface area contributed by atoms with Gasteiger partial charge in [0.1, 0.15) is 0 Å². The van der Waals surface area contributed by atoms with E-state index < -0.39 is 5.60 Å². The van der Waals surface area contributed by atoms with Crippen molar-refractivity contribution in [3.05, 3.63) is 18.4 Å². The molecule has 1 aliphatic rings. The fourth-order valence-electron chi connectivity index (χ4n) is 3.01. The fraction of sp³-hybridized carbons (Fsp3) is 0.647. The van der Waals surface area contributed by atoms with Crippen molar-refractivity contribution in [1.82, 2.24) is 14.8 Å². The number of furan rings is 1. The molecular weight excluding hydrogens is 310 g/mol.